The molecule has 1 aromatic carbocycles. The fourth-order valence-corrected chi connectivity index (χ4v) is 1.53. The maximum absolute atomic E-state index is 12.7. The van der Waals surface area contributed by atoms with Crippen LogP contribution in [0, 0.1) is 0 Å². The summed E-state index contributed by atoms with van der Waals surface area (Å²) in [7, 11) is 1.33. The van der Waals surface area contributed by atoms with Gasteiger partial charge in [-0.15, -0.1) is 0 Å². The summed E-state index contributed by atoms with van der Waals surface area (Å²) in [6.07, 6.45) is -4.51. The van der Waals surface area contributed by atoms with Gasteiger partial charge in [-0.3, -0.25) is 10.1 Å². The van der Waals surface area contributed by atoms with Crippen LogP contribution in [0.3, 0.4) is 0 Å². The van der Waals surface area contributed by atoms with Crippen LogP contribution in [0.25, 0.3) is 0 Å². The Hall–Kier alpha value is -2.45. The van der Waals surface area contributed by atoms with E-state index in [0.29, 0.717) is 0 Å². The Bertz CT molecular complexity index is 547. The number of amides is 3. The molecule has 0 saturated carbocycles. The lowest BCUT2D eigenvalue weighted by atomic mass is 10.1. The number of nitrogens with one attached hydrogen (secondary N) is 3. The molecule has 1 rings (SSSR count). The van der Waals surface area contributed by atoms with Crippen molar-refractivity contribution in [3.05, 3.63) is 23.8 Å². The van der Waals surface area contributed by atoms with Crippen molar-refractivity contribution in [3.8, 4) is 5.75 Å². The minimum Gasteiger partial charge on any atom is -0.492 e. The summed E-state index contributed by atoms with van der Waals surface area (Å²) in [6.45, 7) is 1.55. The monoisotopic (exact) mass is 319 g/mol. The van der Waals surface area contributed by atoms with Crippen LogP contribution in [0.4, 0.5) is 23.7 Å². The summed E-state index contributed by atoms with van der Waals surface area (Å²) in [5.41, 5.74) is -0.853. The zero-order valence-corrected chi connectivity index (χ0v) is 12.0. The molecule has 0 aromatic heterocycles. The Morgan fingerprint density at radius 1 is 1.27 bits per heavy atom. The highest BCUT2D eigenvalue weighted by atomic mass is 19.4. The zero-order chi connectivity index (χ0) is 16.8. The number of ether oxygens (including phenoxy) is 1. The van der Waals surface area contributed by atoms with Crippen LogP contribution < -0.4 is 20.7 Å². The lowest BCUT2D eigenvalue weighted by molar-refractivity contribution is -0.137. The van der Waals surface area contributed by atoms with Gasteiger partial charge in [0.2, 0.25) is 5.91 Å². The first kappa shape index (κ1) is 17.6. The van der Waals surface area contributed by atoms with Gasteiger partial charge in [0.15, 0.2) is 0 Å². The number of halogens is 3. The van der Waals surface area contributed by atoms with Gasteiger partial charge in [-0.25, -0.2) is 4.79 Å². The van der Waals surface area contributed by atoms with E-state index in [0.717, 1.165) is 12.1 Å². The van der Waals surface area contributed by atoms with Crippen LogP contribution in [-0.4, -0.2) is 32.1 Å². The summed E-state index contributed by atoms with van der Waals surface area (Å²) in [6, 6.07) is 2.20. The van der Waals surface area contributed by atoms with E-state index in [4.69, 9.17) is 4.74 Å². The molecule has 0 aliphatic carbocycles. The number of carbonyl (C=O) groups is 2. The molecule has 22 heavy (non-hydrogen) atoms. The maximum atomic E-state index is 12.7. The first-order chi connectivity index (χ1) is 10.3. The topological polar surface area (TPSA) is 79.5 Å². The van der Waals surface area contributed by atoms with Gasteiger partial charge in [0, 0.05) is 7.05 Å². The van der Waals surface area contributed by atoms with Crippen molar-refractivity contribution < 1.29 is 27.5 Å². The van der Waals surface area contributed by atoms with Gasteiger partial charge < -0.3 is 15.4 Å². The van der Waals surface area contributed by atoms with E-state index in [-0.39, 0.29) is 24.6 Å². The average molecular weight is 319 g/mol. The second kappa shape index (κ2) is 7.53. The molecular weight excluding hydrogens is 303 g/mol. The van der Waals surface area contributed by atoms with Crippen molar-refractivity contribution in [2.24, 2.45) is 0 Å². The molecule has 0 heterocycles. The fraction of sp³-hybridized carbons (Fsp3) is 0.385. The van der Waals surface area contributed by atoms with Crippen molar-refractivity contribution in [2.45, 2.75) is 13.1 Å². The summed E-state index contributed by atoms with van der Waals surface area (Å²) in [4.78, 5) is 22.4. The number of urea groups is 1. The van der Waals surface area contributed by atoms with Gasteiger partial charge in [0.25, 0.3) is 0 Å². The lowest BCUT2D eigenvalue weighted by Crippen LogP contribution is -2.40. The Morgan fingerprint density at radius 2 is 1.95 bits per heavy atom. The average Bonchev–Trinajstić information content (AvgIpc) is 2.45. The number of alkyl halides is 3. The van der Waals surface area contributed by atoms with Gasteiger partial charge in [-0.05, 0) is 25.1 Å². The van der Waals surface area contributed by atoms with E-state index >= 15 is 0 Å². The van der Waals surface area contributed by atoms with E-state index in [1.54, 1.807) is 6.92 Å². The number of benzene rings is 1. The fourth-order valence-electron chi connectivity index (χ4n) is 1.53. The SMILES string of the molecule is CCOc1ccc(C(F)(F)F)cc1NCC(=O)NC(=O)NC. The minimum atomic E-state index is -4.51. The number of carbonyl (C=O) groups excluding carboxylic acids is 2. The summed E-state index contributed by atoms with van der Waals surface area (Å²) < 4.78 is 43.3. The third-order valence-corrected chi connectivity index (χ3v) is 2.53. The first-order valence-electron chi connectivity index (χ1n) is 6.37. The normalized spacial score (nSPS) is 10.8. The highest BCUT2D eigenvalue weighted by Crippen LogP contribution is 2.34. The summed E-state index contributed by atoms with van der Waals surface area (Å²) in [5, 5.41) is 6.69. The molecule has 0 atom stereocenters. The molecule has 6 nitrogen and oxygen atoms in total. The molecule has 0 unspecified atom stereocenters. The van der Waals surface area contributed by atoms with E-state index in [1.807, 2.05) is 5.32 Å². The molecule has 9 heteroatoms. The van der Waals surface area contributed by atoms with Crippen molar-refractivity contribution in [3.63, 3.8) is 0 Å². The van der Waals surface area contributed by atoms with Gasteiger partial charge in [-0.2, -0.15) is 13.2 Å². The quantitative estimate of drug-likeness (QED) is 0.775. The molecule has 0 bridgehead atoms. The Morgan fingerprint density at radius 3 is 2.50 bits per heavy atom. The predicted molar refractivity (Wildman–Crippen MR) is 73.7 cm³/mol. The van der Waals surface area contributed by atoms with E-state index in [1.165, 1.54) is 13.1 Å². The van der Waals surface area contributed by atoms with Gasteiger partial charge in [-0.1, -0.05) is 0 Å². The number of hydrogen-bond acceptors (Lipinski definition) is 4. The largest absolute Gasteiger partial charge is 0.492 e. The molecule has 3 N–H and O–H groups in total. The van der Waals surface area contributed by atoms with Gasteiger partial charge in [0.1, 0.15) is 5.75 Å². The second-order valence-electron chi connectivity index (χ2n) is 4.12. The molecule has 0 aliphatic rings. The standard InChI is InChI=1S/C13H16F3N3O3/c1-3-22-10-5-4-8(13(14,15)16)6-9(10)18-7-11(20)19-12(21)17-2/h4-6,18H,3,7H2,1-2H3,(H2,17,19,20,21). The summed E-state index contributed by atoms with van der Waals surface area (Å²) >= 11 is 0. The first-order valence-corrected chi connectivity index (χ1v) is 6.37. The van der Waals surface area contributed by atoms with Crippen LogP contribution >= 0.6 is 0 Å². The number of hydrogen-bond donors (Lipinski definition) is 3. The molecule has 0 spiro atoms. The Labute approximate surface area is 125 Å². The molecule has 1 aromatic rings. The number of rotatable bonds is 5. The van der Waals surface area contributed by atoms with Crippen LogP contribution in [0.15, 0.2) is 18.2 Å². The minimum absolute atomic E-state index is 0.0173. The van der Waals surface area contributed by atoms with Crippen molar-refractivity contribution in [1.82, 2.24) is 10.6 Å². The Balaban J connectivity index is 2.86. The van der Waals surface area contributed by atoms with E-state index in [9.17, 15) is 22.8 Å². The molecule has 0 saturated heterocycles. The highest BCUT2D eigenvalue weighted by molar-refractivity contribution is 5.96. The molecule has 0 aliphatic heterocycles. The lowest BCUT2D eigenvalue weighted by Gasteiger charge is -2.15. The highest BCUT2D eigenvalue weighted by Gasteiger charge is 2.31. The van der Waals surface area contributed by atoms with Crippen molar-refractivity contribution in [1.29, 1.82) is 0 Å². The molecule has 3 amide bonds. The smallest absolute Gasteiger partial charge is 0.416 e. The number of anilines is 1. The molecular formula is C13H16F3N3O3. The summed E-state index contributed by atoms with van der Waals surface area (Å²) in [5.74, 6) is -0.512. The Kier molecular flexibility index (Phi) is 6.02. The molecule has 122 valence electrons. The molecule has 0 fully saturated rings. The number of imide groups is 1. The van der Waals surface area contributed by atoms with Crippen LogP contribution in [0.5, 0.6) is 5.75 Å². The second-order valence-corrected chi connectivity index (χ2v) is 4.12. The van der Waals surface area contributed by atoms with Gasteiger partial charge >= 0.3 is 12.2 Å². The predicted octanol–water partition coefficient (Wildman–Crippen LogP) is 1.97. The van der Waals surface area contributed by atoms with Crippen LogP contribution in [0.2, 0.25) is 0 Å². The molecule has 0 radical (unpaired) electrons. The van der Waals surface area contributed by atoms with E-state index < -0.39 is 23.7 Å². The third-order valence-electron chi connectivity index (χ3n) is 2.53. The van der Waals surface area contributed by atoms with Crippen LogP contribution in [-0.2, 0) is 11.0 Å². The van der Waals surface area contributed by atoms with Gasteiger partial charge in [0.05, 0.1) is 24.4 Å². The van der Waals surface area contributed by atoms with Crippen molar-refractivity contribution >= 4 is 17.6 Å². The van der Waals surface area contributed by atoms with Crippen molar-refractivity contribution in [2.75, 3.05) is 25.5 Å². The van der Waals surface area contributed by atoms with E-state index in [2.05, 4.69) is 10.6 Å². The zero-order valence-electron chi connectivity index (χ0n) is 12.0. The maximum Gasteiger partial charge on any atom is 0.416 e. The third kappa shape index (κ3) is 5.15. The van der Waals surface area contributed by atoms with Crippen LogP contribution in [0.1, 0.15) is 12.5 Å².